The van der Waals surface area contributed by atoms with Crippen molar-refractivity contribution in [3.05, 3.63) is 53.6 Å². The Hall–Kier alpha value is -2.09. The molecule has 0 amide bonds. The molecule has 0 aliphatic carbocycles. The zero-order valence-corrected chi connectivity index (χ0v) is 11.9. The second-order valence-electron chi connectivity index (χ2n) is 4.35. The van der Waals surface area contributed by atoms with Gasteiger partial charge in [0.1, 0.15) is 22.5 Å². The first-order chi connectivity index (χ1) is 9.84. The number of aliphatic hydroxyl groups excluding tert-OH is 1. The summed E-state index contributed by atoms with van der Waals surface area (Å²) in [7, 11) is -3.34. The maximum absolute atomic E-state index is 11.3. The molecule has 0 fully saturated rings. The Morgan fingerprint density at radius 1 is 1.14 bits per heavy atom. The minimum Gasteiger partial charge on any atom is -0.507 e. The van der Waals surface area contributed by atoms with Crippen molar-refractivity contribution < 1.29 is 27.9 Å². The molecule has 0 saturated heterocycles. The maximum atomic E-state index is 11.3. The number of aliphatic hydroxyl groups is 1. The summed E-state index contributed by atoms with van der Waals surface area (Å²) in [4.78, 5) is -0.521. The van der Waals surface area contributed by atoms with E-state index in [1.165, 1.54) is 7.11 Å². The SMILES string of the molecule is COc1cc(O)c(C(O)c2ccccc2)cc1S(=O)(=O)O. The van der Waals surface area contributed by atoms with E-state index in [-0.39, 0.29) is 17.1 Å². The van der Waals surface area contributed by atoms with E-state index in [1.54, 1.807) is 30.3 Å². The standard InChI is InChI=1S/C14H14O6S/c1-20-12-8-11(15)10(7-13(12)21(17,18)19)14(16)9-5-3-2-4-6-9/h2-8,14-16H,1H3,(H,17,18,19). The number of aromatic hydroxyl groups is 1. The molecule has 112 valence electrons. The minimum absolute atomic E-state index is 0.0466. The van der Waals surface area contributed by atoms with Crippen LogP contribution in [-0.2, 0) is 10.1 Å². The first-order valence-electron chi connectivity index (χ1n) is 5.96. The van der Waals surface area contributed by atoms with Crippen LogP contribution in [0.1, 0.15) is 17.2 Å². The molecule has 0 aliphatic heterocycles. The number of benzene rings is 2. The first-order valence-corrected chi connectivity index (χ1v) is 7.40. The van der Waals surface area contributed by atoms with Crippen molar-refractivity contribution in [2.75, 3.05) is 7.11 Å². The third kappa shape index (κ3) is 3.15. The molecule has 1 unspecified atom stereocenters. The second kappa shape index (κ2) is 5.72. The average Bonchev–Trinajstić information content (AvgIpc) is 2.45. The van der Waals surface area contributed by atoms with Crippen LogP contribution < -0.4 is 4.74 Å². The van der Waals surface area contributed by atoms with Gasteiger partial charge >= 0.3 is 0 Å². The third-order valence-electron chi connectivity index (χ3n) is 3.00. The molecule has 0 aromatic heterocycles. The predicted octanol–water partition coefficient (Wildman–Crippen LogP) is 1.73. The molecule has 3 N–H and O–H groups in total. The number of hydrogen-bond donors (Lipinski definition) is 3. The summed E-state index contributed by atoms with van der Waals surface area (Å²) >= 11 is 0. The Morgan fingerprint density at radius 3 is 2.29 bits per heavy atom. The monoisotopic (exact) mass is 310 g/mol. The molecule has 0 radical (unpaired) electrons. The van der Waals surface area contributed by atoms with Gasteiger partial charge in [-0.1, -0.05) is 30.3 Å². The predicted molar refractivity (Wildman–Crippen MR) is 75.0 cm³/mol. The number of phenolic OH excluding ortho intramolecular Hbond substituents is 1. The van der Waals surface area contributed by atoms with Crippen LogP contribution >= 0.6 is 0 Å². The van der Waals surface area contributed by atoms with E-state index >= 15 is 0 Å². The molecule has 7 heteroatoms. The molecule has 2 aromatic carbocycles. The van der Waals surface area contributed by atoms with Gasteiger partial charge in [-0.15, -0.1) is 0 Å². The van der Waals surface area contributed by atoms with Crippen LogP contribution in [0.15, 0.2) is 47.4 Å². The van der Waals surface area contributed by atoms with Crippen molar-refractivity contribution in [1.29, 1.82) is 0 Å². The molecular formula is C14H14O6S. The van der Waals surface area contributed by atoms with Gasteiger partial charge in [-0.2, -0.15) is 8.42 Å². The maximum Gasteiger partial charge on any atom is 0.298 e. The zero-order chi connectivity index (χ0) is 15.6. The molecule has 2 rings (SSSR count). The van der Waals surface area contributed by atoms with Gasteiger partial charge in [0.15, 0.2) is 0 Å². The van der Waals surface area contributed by atoms with E-state index in [0.717, 1.165) is 12.1 Å². The van der Waals surface area contributed by atoms with Gasteiger partial charge in [0.2, 0.25) is 0 Å². The van der Waals surface area contributed by atoms with E-state index in [1.807, 2.05) is 0 Å². The summed E-state index contributed by atoms with van der Waals surface area (Å²) in [5, 5.41) is 20.2. The molecular weight excluding hydrogens is 296 g/mol. The van der Waals surface area contributed by atoms with Gasteiger partial charge in [-0.25, -0.2) is 0 Å². The van der Waals surface area contributed by atoms with Crippen molar-refractivity contribution >= 4 is 10.1 Å². The highest BCUT2D eigenvalue weighted by atomic mass is 32.2. The Bertz CT molecular complexity index is 740. The molecule has 0 aliphatic rings. The highest BCUT2D eigenvalue weighted by molar-refractivity contribution is 7.86. The fraction of sp³-hybridized carbons (Fsp3) is 0.143. The Kier molecular flexibility index (Phi) is 4.17. The van der Waals surface area contributed by atoms with E-state index in [9.17, 15) is 23.2 Å². The molecule has 1 atom stereocenters. The van der Waals surface area contributed by atoms with Gasteiger partial charge in [0.05, 0.1) is 7.11 Å². The first kappa shape index (κ1) is 15.3. The Labute approximate surface area is 122 Å². The molecule has 2 aromatic rings. The molecule has 0 saturated carbocycles. The van der Waals surface area contributed by atoms with Crippen LogP contribution in [0.3, 0.4) is 0 Å². The quantitative estimate of drug-likeness (QED) is 0.743. The number of phenols is 1. The Morgan fingerprint density at radius 2 is 1.76 bits per heavy atom. The van der Waals surface area contributed by atoms with Crippen LogP contribution in [0.25, 0.3) is 0 Å². The topological polar surface area (TPSA) is 104 Å². The van der Waals surface area contributed by atoms with Crippen LogP contribution in [0, 0.1) is 0 Å². The number of ether oxygens (including phenoxy) is 1. The van der Waals surface area contributed by atoms with E-state index in [0.29, 0.717) is 5.56 Å². The summed E-state index contributed by atoms with van der Waals surface area (Å²) in [6.07, 6.45) is -1.24. The van der Waals surface area contributed by atoms with Crippen molar-refractivity contribution in [2.24, 2.45) is 0 Å². The lowest BCUT2D eigenvalue weighted by Gasteiger charge is -2.16. The summed E-state index contributed by atoms with van der Waals surface area (Å²) in [5.74, 6) is -0.547. The van der Waals surface area contributed by atoms with Crippen molar-refractivity contribution in [2.45, 2.75) is 11.0 Å². The largest absolute Gasteiger partial charge is 0.507 e. The average molecular weight is 310 g/mol. The molecule has 0 bridgehead atoms. The molecule has 0 spiro atoms. The number of hydrogen-bond acceptors (Lipinski definition) is 5. The molecule has 21 heavy (non-hydrogen) atoms. The highest BCUT2D eigenvalue weighted by Gasteiger charge is 2.23. The van der Waals surface area contributed by atoms with Gasteiger partial charge in [-0.3, -0.25) is 4.55 Å². The van der Waals surface area contributed by atoms with Crippen LogP contribution in [0.4, 0.5) is 0 Å². The van der Waals surface area contributed by atoms with E-state index in [4.69, 9.17) is 4.74 Å². The summed E-state index contributed by atoms with van der Waals surface area (Å²) < 4.78 is 36.7. The fourth-order valence-corrected chi connectivity index (χ4v) is 2.63. The minimum atomic E-state index is -4.55. The van der Waals surface area contributed by atoms with Gasteiger partial charge in [-0.05, 0) is 11.6 Å². The number of methoxy groups -OCH3 is 1. The highest BCUT2D eigenvalue weighted by Crippen LogP contribution is 2.36. The number of rotatable bonds is 4. The van der Waals surface area contributed by atoms with Gasteiger partial charge in [0.25, 0.3) is 10.1 Å². The van der Waals surface area contributed by atoms with Gasteiger partial charge < -0.3 is 14.9 Å². The van der Waals surface area contributed by atoms with Crippen LogP contribution in [-0.4, -0.2) is 30.3 Å². The van der Waals surface area contributed by atoms with E-state index in [2.05, 4.69) is 0 Å². The Balaban J connectivity index is 2.60. The molecule has 6 nitrogen and oxygen atoms in total. The summed E-state index contributed by atoms with van der Waals surface area (Å²) in [5.41, 5.74) is 0.425. The second-order valence-corrected chi connectivity index (χ2v) is 5.74. The normalized spacial score (nSPS) is 12.9. The van der Waals surface area contributed by atoms with Crippen LogP contribution in [0.5, 0.6) is 11.5 Å². The van der Waals surface area contributed by atoms with Crippen LogP contribution in [0.2, 0.25) is 0 Å². The zero-order valence-electron chi connectivity index (χ0n) is 11.1. The van der Waals surface area contributed by atoms with E-state index < -0.39 is 21.1 Å². The lowest BCUT2D eigenvalue weighted by Crippen LogP contribution is -2.06. The lowest BCUT2D eigenvalue weighted by atomic mass is 10.0. The summed E-state index contributed by atoms with van der Waals surface area (Å²) in [6.45, 7) is 0. The van der Waals surface area contributed by atoms with Crippen molar-refractivity contribution in [1.82, 2.24) is 0 Å². The van der Waals surface area contributed by atoms with Gasteiger partial charge in [0, 0.05) is 11.6 Å². The van der Waals surface area contributed by atoms with Crippen molar-refractivity contribution in [3.8, 4) is 11.5 Å². The fourth-order valence-electron chi connectivity index (χ4n) is 1.96. The van der Waals surface area contributed by atoms with Crippen molar-refractivity contribution in [3.63, 3.8) is 0 Å². The lowest BCUT2D eigenvalue weighted by molar-refractivity contribution is 0.215. The summed E-state index contributed by atoms with van der Waals surface area (Å²) in [6, 6.07) is 10.4. The molecule has 0 heterocycles. The smallest absolute Gasteiger partial charge is 0.298 e. The third-order valence-corrected chi connectivity index (χ3v) is 3.88.